The highest BCUT2D eigenvalue weighted by molar-refractivity contribution is 7.16. The molecule has 172 valence electrons. The molecule has 1 aromatic heterocycles. The van der Waals surface area contributed by atoms with E-state index in [-0.39, 0.29) is 11.5 Å². The van der Waals surface area contributed by atoms with Crippen molar-refractivity contribution in [2.75, 3.05) is 10.6 Å². The third-order valence-electron chi connectivity index (χ3n) is 4.22. The Morgan fingerprint density at radius 3 is 2.31 bits per heavy atom. The van der Waals surface area contributed by atoms with Gasteiger partial charge in [-0.2, -0.15) is 0 Å². The molecule has 0 atom stereocenters. The van der Waals surface area contributed by atoms with Gasteiger partial charge in [0, 0.05) is 18.2 Å². The number of carbonyl (C=O) groups excluding carboxylic acids is 2. The molecule has 0 unspecified atom stereocenters. The van der Waals surface area contributed by atoms with Gasteiger partial charge in [0.15, 0.2) is 5.13 Å². The van der Waals surface area contributed by atoms with Gasteiger partial charge in [0.2, 0.25) is 5.91 Å². The van der Waals surface area contributed by atoms with Gasteiger partial charge in [0.25, 0.3) is 0 Å². The van der Waals surface area contributed by atoms with E-state index >= 15 is 0 Å². The zero-order chi connectivity index (χ0) is 23.9. The molecule has 0 aliphatic heterocycles. The Labute approximate surface area is 191 Å². The van der Waals surface area contributed by atoms with Gasteiger partial charge in [0.1, 0.15) is 5.60 Å². The minimum absolute atomic E-state index is 0.233. The van der Waals surface area contributed by atoms with Gasteiger partial charge in [-0.25, -0.2) is 14.6 Å². The number of thiazole rings is 1. The highest BCUT2D eigenvalue weighted by atomic mass is 32.1. The highest BCUT2D eigenvalue weighted by Crippen LogP contribution is 2.27. The second-order valence-corrected chi connectivity index (χ2v) is 9.19. The quantitative estimate of drug-likeness (QED) is 0.472. The minimum atomic E-state index is -0.971. The number of aromatic nitrogens is 1. The van der Waals surface area contributed by atoms with Crippen molar-refractivity contribution in [3.63, 3.8) is 0 Å². The Morgan fingerprint density at radius 2 is 1.78 bits per heavy atom. The first-order valence-electron chi connectivity index (χ1n) is 10.3. The summed E-state index contributed by atoms with van der Waals surface area (Å²) in [6.07, 6.45) is 2.71. The number of benzene rings is 1. The first-order chi connectivity index (χ1) is 15.0. The van der Waals surface area contributed by atoms with Crippen LogP contribution in [0, 0.1) is 0 Å². The normalized spacial score (nSPS) is 11.7. The number of aliphatic carboxylic acids is 1. The SMILES string of the molecule is CCC(=Cc1sc(NC(C)=O)nc1CCc1ccc(NC(=O)OC(C)(C)C)cc1)C(=O)O. The average Bonchev–Trinajstić information content (AvgIpc) is 3.04. The van der Waals surface area contributed by atoms with Crippen LogP contribution in [0.2, 0.25) is 0 Å². The van der Waals surface area contributed by atoms with E-state index in [1.807, 2.05) is 12.1 Å². The summed E-state index contributed by atoms with van der Waals surface area (Å²) in [7, 11) is 0. The Bertz CT molecular complexity index is 1000. The number of rotatable bonds is 8. The zero-order valence-electron chi connectivity index (χ0n) is 18.9. The summed E-state index contributed by atoms with van der Waals surface area (Å²) in [5, 5.41) is 15.1. The van der Waals surface area contributed by atoms with Crippen LogP contribution >= 0.6 is 11.3 Å². The first kappa shape index (κ1) is 25.1. The largest absolute Gasteiger partial charge is 0.478 e. The predicted molar refractivity (Wildman–Crippen MR) is 126 cm³/mol. The maximum atomic E-state index is 11.9. The number of aryl methyl sites for hydroxylation is 2. The molecule has 0 bridgehead atoms. The van der Waals surface area contributed by atoms with Crippen molar-refractivity contribution in [3.05, 3.63) is 46.0 Å². The van der Waals surface area contributed by atoms with Crippen LogP contribution in [-0.4, -0.2) is 33.7 Å². The number of ether oxygens (including phenoxy) is 1. The summed E-state index contributed by atoms with van der Waals surface area (Å²) in [5.41, 5.74) is 2.08. The number of carboxylic acid groups (broad SMARTS) is 1. The van der Waals surface area contributed by atoms with Gasteiger partial charge in [-0.15, -0.1) is 0 Å². The number of hydrogen-bond donors (Lipinski definition) is 3. The second kappa shape index (κ2) is 10.9. The molecule has 8 nitrogen and oxygen atoms in total. The van der Waals surface area contributed by atoms with Crippen LogP contribution < -0.4 is 10.6 Å². The maximum Gasteiger partial charge on any atom is 0.412 e. The fraction of sp³-hybridized carbons (Fsp3) is 0.391. The first-order valence-corrected chi connectivity index (χ1v) is 11.1. The zero-order valence-corrected chi connectivity index (χ0v) is 19.8. The Morgan fingerprint density at radius 1 is 1.12 bits per heavy atom. The molecule has 2 rings (SSSR count). The molecule has 0 saturated heterocycles. The molecular weight excluding hydrogens is 430 g/mol. The van der Waals surface area contributed by atoms with Crippen molar-refractivity contribution in [3.8, 4) is 0 Å². The monoisotopic (exact) mass is 459 g/mol. The van der Waals surface area contributed by atoms with Crippen LogP contribution in [0.4, 0.5) is 15.6 Å². The van der Waals surface area contributed by atoms with E-state index in [4.69, 9.17) is 4.74 Å². The van der Waals surface area contributed by atoms with E-state index in [1.54, 1.807) is 45.9 Å². The van der Waals surface area contributed by atoms with Crippen molar-refractivity contribution in [2.24, 2.45) is 0 Å². The summed E-state index contributed by atoms with van der Waals surface area (Å²) in [6.45, 7) is 8.58. The van der Waals surface area contributed by atoms with Crippen molar-refractivity contribution in [2.45, 2.75) is 59.5 Å². The lowest BCUT2D eigenvalue weighted by atomic mass is 10.1. The Balaban J connectivity index is 2.12. The van der Waals surface area contributed by atoms with Gasteiger partial charge in [-0.05, 0) is 63.8 Å². The molecule has 0 saturated carbocycles. The number of nitrogens with one attached hydrogen (secondary N) is 2. The lowest BCUT2D eigenvalue weighted by Gasteiger charge is -2.19. The molecule has 1 heterocycles. The molecule has 0 fully saturated rings. The van der Waals surface area contributed by atoms with Gasteiger partial charge in [0.05, 0.1) is 10.6 Å². The highest BCUT2D eigenvalue weighted by Gasteiger charge is 2.16. The third-order valence-corrected chi connectivity index (χ3v) is 5.18. The number of nitrogens with zero attached hydrogens (tertiary/aromatic N) is 1. The molecule has 0 radical (unpaired) electrons. The van der Waals surface area contributed by atoms with E-state index in [9.17, 15) is 19.5 Å². The fourth-order valence-corrected chi connectivity index (χ4v) is 3.80. The number of carbonyl (C=O) groups is 3. The molecule has 2 aromatic rings. The molecule has 0 aliphatic carbocycles. The van der Waals surface area contributed by atoms with E-state index in [0.717, 1.165) is 16.1 Å². The van der Waals surface area contributed by atoms with E-state index < -0.39 is 17.7 Å². The lowest BCUT2D eigenvalue weighted by molar-refractivity contribution is -0.132. The van der Waals surface area contributed by atoms with Crippen molar-refractivity contribution < 1.29 is 24.2 Å². The number of carboxylic acids is 1. The summed E-state index contributed by atoms with van der Waals surface area (Å²) >= 11 is 1.25. The van der Waals surface area contributed by atoms with Crippen molar-refractivity contribution in [1.82, 2.24) is 4.98 Å². The van der Waals surface area contributed by atoms with Gasteiger partial charge in [-0.3, -0.25) is 10.1 Å². The summed E-state index contributed by atoms with van der Waals surface area (Å²) in [4.78, 5) is 39.9. The van der Waals surface area contributed by atoms with Crippen LogP contribution in [0.25, 0.3) is 6.08 Å². The van der Waals surface area contributed by atoms with Gasteiger partial charge >= 0.3 is 12.1 Å². The average molecular weight is 460 g/mol. The van der Waals surface area contributed by atoms with Crippen molar-refractivity contribution in [1.29, 1.82) is 0 Å². The third kappa shape index (κ3) is 8.14. The lowest BCUT2D eigenvalue weighted by Crippen LogP contribution is -2.27. The fourth-order valence-electron chi connectivity index (χ4n) is 2.77. The van der Waals surface area contributed by atoms with E-state index in [0.29, 0.717) is 30.1 Å². The molecule has 2 amide bonds. The Kier molecular flexibility index (Phi) is 8.54. The van der Waals surface area contributed by atoms with E-state index in [1.165, 1.54) is 18.3 Å². The standard InChI is InChI=1S/C23H29N3O5S/c1-6-16(20(28)29)13-19-18(26-21(32-19)24-14(2)27)12-9-15-7-10-17(11-8-15)25-22(30)31-23(3,4)5/h7-8,10-11,13H,6,9,12H2,1-5H3,(H,25,30)(H,28,29)(H,24,26,27). The maximum absolute atomic E-state index is 11.9. The summed E-state index contributed by atoms with van der Waals surface area (Å²) < 4.78 is 5.24. The molecule has 0 aliphatic rings. The minimum Gasteiger partial charge on any atom is -0.478 e. The molecule has 9 heteroatoms. The van der Waals surface area contributed by atoms with Crippen molar-refractivity contribution >= 4 is 46.2 Å². The summed E-state index contributed by atoms with van der Waals surface area (Å²) in [6, 6.07) is 7.39. The van der Waals surface area contributed by atoms with Crippen LogP contribution in [0.5, 0.6) is 0 Å². The smallest absolute Gasteiger partial charge is 0.412 e. The predicted octanol–water partition coefficient (Wildman–Crippen LogP) is 5.11. The van der Waals surface area contributed by atoms with Crippen LogP contribution in [-0.2, 0) is 27.2 Å². The van der Waals surface area contributed by atoms with Crippen LogP contribution in [0.15, 0.2) is 29.8 Å². The van der Waals surface area contributed by atoms with Gasteiger partial charge < -0.3 is 15.2 Å². The number of amides is 2. The molecule has 0 spiro atoms. The molecule has 1 aromatic carbocycles. The second-order valence-electron chi connectivity index (χ2n) is 8.16. The van der Waals surface area contributed by atoms with Gasteiger partial charge in [-0.1, -0.05) is 30.4 Å². The number of hydrogen-bond acceptors (Lipinski definition) is 6. The van der Waals surface area contributed by atoms with Crippen LogP contribution in [0.1, 0.15) is 57.2 Å². The Hall–Kier alpha value is -3.20. The molecule has 32 heavy (non-hydrogen) atoms. The molecular formula is C23H29N3O5S. The number of anilines is 2. The van der Waals surface area contributed by atoms with E-state index in [2.05, 4.69) is 15.6 Å². The van der Waals surface area contributed by atoms with Crippen LogP contribution in [0.3, 0.4) is 0 Å². The molecule has 3 N–H and O–H groups in total. The topological polar surface area (TPSA) is 118 Å². The summed E-state index contributed by atoms with van der Waals surface area (Å²) in [5.74, 6) is -1.20.